The van der Waals surface area contributed by atoms with Crippen LogP contribution in [0.5, 0.6) is 0 Å². The highest BCUT2D eigenvalue weighted by atomic mass is 32.1. The fourth-order valence-electron chi connectivity index (χ4n) is 7.32. The first-order valence-electron chi connectivity index (χ1n) is 13.9. The normalized spacial score (nSPS) is 25.5. The van der Waals surface area contributed by atoms with E-state index in [0.29, 0.717) is 37.0 Å². The largest absolute Gasteiger partial charge is 0.378 e. The minimum absolute atomic E-state index is 0.181. The maximum absolute atomic E-state index is 13.2. The molecule has 7 rings (SSSR count). The van der Waals surface area contributed by atoms with Gasteiger partial charge in [0.05, 0.1) is 18.9 Å². The van der Waals surface area contributed by atoms with Gasteiger partial charge in [0.2, 0.25) is 5.91 Å². The summed E-state index contributed by atoms with van der Waals surface area (Å²) in [5.41, 5.74) is 8.55. The van der Waals surface area contributed by atoms with Crippen LogP contribution < -0.4 is 5.32 Å². The molecule has 3 fully saturated rings. The Hall–Kier alpha value is -2.75. The molecule has 4 atom stereocenters. The number of amides is 1. The van der Waals surface area contributed by atoms with Crippen LogP contribution >= 0.6 is 11.3 Å². The summed E-state index contributed by atoms with van der Waals surface area (Å²) in [6, 6.07) is 0.167. The van der Waals surface area contributed by atoms with Gasteiger partial charge < -0.3 is 19.9 Å². The molecule has 2 saturated heterocycles. The highest BCUT2D eigenvalue weighted by molar-refractivity contribution is 7.19. The molecule has 8 nitrogen and oxygen atoms in total. The Labute approximate surface area is 226 Å². The summed E-state index contributed by atoms with van der Waals surface area (Å²) in [7, 11) is 0. The molecule has 3 aliphatic rings. The van der Waals surface area contributed by atoms with Crippen molar-refractivity contribution in [2.75, 3.05) is 26.3 Å². The third-order valence-corrected chi connectivity index (χ3v) is 10.7. The Kier molecular flexibility index (Phi) is 5.69. The van der Waals surface area contributed by atoms with E-state index in [0.717, 1.165) is 31.6 Å². The molecule has 4 aromatic heterocycles. The van der Waals surface area contributed by atoms with E-state index < -0.39 is 0 Å². The Balaban J connectivity index is 1.23. The number of hydrogen-bond acceptors (Lipinski definition) is 6. The van der Waals surface area contributed by atoms with E-state index in [9.17, 15) is 4.79 Å². The predicted molar refractivity (Wildman–Crippen MR) is 150 cm³/mol. The molecule has 9 heteroatoms. The molecular formula is C29H36N6O2S. The van der Waals surface area contributed by atoms with Gasteiger partial charge in [0.25, 0.3) is 0 Å². The van der Waals surface area contributed by atoms with E-state index >= 15 is 0 Å². The number of nitrogens with one attached hydrogen (secondary N) is 2. The van der Waals surface area contributed by atoms with Crippen LogP contribution in [0.1, 0.15) is 65.7 Å². The van der Waals surface area contributed by atoms with Crippen molar-refractivity contribution in [2.45, 2.75) is 71.4 Å². The lowest BCUT2D eigenvalue weighted by molar-refractivity contribution is -0.138. The van der Waals surface area contributed by atoms with Crippen LogP contribution in [-0.4, -0.2) is 68.8 Å². The molecule has 0 aromatic carbocycles. The molecule has 0 spiro atoms. The number of H-pyrrole nitrogens is 1. The number of carbonyl (C=O) groups is 1. The number of nitrogens with zero attached hydrogens (tertiary/aromatic N) is 4. The molecule has 1 amide bonds. The number of rotatable bonds is 4. The highest BCUT2D eigenvalue weighted by Gasteiger charge is 2.49. The number of hydrogen-bond donors (Lipinski definition) is 2. The van der Waals surface area contributed by atoms with Gasteiger partial charge >= 0.3 is 0 Å². The van der Waals surface area contributed by atoms with Crippen molar-refractivity contribution >= 4 is 33.1 Å². The zero-order valence-electron chi connectivity index (χ0n) is 22.8. The summed E-state index contributed by atoms with van der Waals surface area (Å²) in [6.45, 7) is 14.0. The average Bonchev–Trinajstić information content (AvgIpc) is 3.73. The minimum atomic E-state index is -0.181. The molecular weight excluding hydrogens is 496 g/mol. The Morgan fingerprint density at radius 1 is 1.18 bits per heavy atom. The molecule has 2 bridgehead atoms. The molecule has 1 saturated carbocycles. The number of morpholine rings is 1. The lowest BCUT2D eigenvalue weighted by Gasteiger charge is -2.35. The van der Waals surface area contributed by atoms with E-state index in [1.807, 2.05) is 15.9 Å². The lowest BCUT2D eigenvalue weighted by atomic mass is 9.88. The maximum atomic E-state index is 13.2. The summed E-state index contributed by atoms with van der Waals surface area (Å²) in [6.07, 6.45) is 5.94. The van der Waals surface area contributed by atoms with E-state index in [1.165, 1.54) is 48.6 Å². The molecule has 200 valence electrons. The van der Waals surface area contributed by atoms with Crippen molar-refractivity contribution in [3.63, 3.8) is 0 Å². The third-order valence-electron chi connectivity index (χ3n) is 9.32. The summed E-state index contributed by atoms with van der Waals surface area (Å²) < 4.78 is 7.45. The van der Waals surface area contributed by atoms with Gasteiger partial charge in [-0.15, -0.1) is 11.3 Å². The standard InChI is InChI=1S/C29H36N6O2S/c1-14(2)23-24-17(5)26(20-9-19-8-18(20)10-34(19)29(36)22-12-37-7-6-30-22)38-28(24)33-25(23)21-11-35-27(31-13-32-35)16(4)15(21)3/h11,13-14,18-20,22,30,33H,6-10,12H2,1-5H3/t18-,19+,20+,22+/m0/s1. The fraction of sp³-hybridized carbons (Fsp3) is 0.552. The van der Waals surface area contributed by atoms with Gasteiger partial charge in [0.1, 0.15) is 17.2 Å². The fourth-order valence-corrected chi connectivity index (χ4v) is 8.75. The first-order valence-corrected chi connectivity index (χ1v) is 14.7. The monoisotopic (exact) mass is 532 g/mol. The number of piperidine rings is 1. The number of aromatic nitrogens is 4. The van der Waals surface area contributed by atoms with Crippen LogP contribution in [0.15, 0.2) is 12.5 Å². The summed E-state index contributed by atoms with van der Waals surface area (Å²) in [5, 5.41) is 9.17. The molecule has 4 aromatic rings. The summed E-state index contributed by atoms with van der Waals surface area (Å²) in [4.78, 5) is 26.4. The van der Waals surface area contributed by atoms with Crippen LogP contribution in [-0.2, 0) is 9.53 Å². The van der Waals surface area contributed by atoms with E-state index in [-0.39, 0.29) is 11.9 Å². The van der Waals surface area contributed by atoms with Crippen LogP contribution in [0.4, 0.5) is 0 Å². The van der Waals surface area contributed by atoms with Crippen molar-refractivity contribution in [1.82, 2.24) is 29.8 Å². The molecule has 38 heavy (non-hydrogen) atoms. The van der Waals surface area contributed by atoms with E-state index in [1.54, 1.807) is 6.33 Å². The van der Waals surface area contributed by atoms with Gasteiger partial charge in [-0.2, -0.15) is 5.10 Å². The molecule has 2 N–H and O–H groups in total. The Bertz CT molecular complexity index is 1560. The predicted octanol–water partition coefficient (Wildman–Crippen LogP) is 4.68. The van der Waals surface area contributed by atoms with Crippen LogP contribution in [0.25, 0.3) is 27.1 Å². The van der Waals surface area contributed by atoms with Crippen molar-refractivity contribution in [1.29, 1.82) is 0 Å². The van der Waals surface area contributed by atoms with E-state index in [4.69, 9.17) is 4.74 Å². The van der Waals surface area contributed by atoms with Gasteiger partial charge in [-0.25, -0.2) is 9.50 Å². The minimum Gasteiger partial charge on any atom is -0.378 e. The van der Waals surface area contributed by atoms with Crippen molar-refractivity contribution in [3.8, 4) is 11.3 Å². The second-order valence-electron chi connectivity index (χ2n) is 11.7. The number of pyridine rings is 1. The number of likely N-dealkylation sites (tertiary alicyclic amines) is 1. The Morgan fingerprint density at radius 3 is 2.74 bits per heavy atom. The summed E-state index contributed by atoms with van der Waals surface area (Å²) >= 11 is 1.93. The number of ether oxygens (including phenoxy) is 1. The number of thiophene rings is 1. The topological polar surface area (TPSA) is 87.5 Å². The van der Waals surface area contributed by atoms with Crippen LogP contribution in [0.2, 0.25) is 0 Å². The molecule has 6 heterocycles. The number of carbonyl (C=O) groups excluding carboxylic acids is 1. The molecule has 1 aliphatic carbocycles. The van der Waals surface area contributed by atoms with Gasteiger partial charge in [0, 0.05) is 47.1 Å². The first-order chi connectivity index (χ1) is 18.3. The number of fused-ring (bicyclic) bond motifs is 4. The quantitative estimate of drug-likeness (QED) is 0.399. The molecule has 0 unspecified atom stereocenters. The second-order valence-corrected chi connectivity index (χ2v) is 12.8. The van der Waals surface area contributed by atoms with Gasteiger partial charge in [0.15, 0.2) is 5.65 Å². The smallest absolute Gasteiger partial charge is 0.242 e. The zero-order valence-corrected chi connectivity index (χ0v) is 23.6. The third kappa shape index (κ3) is 3.51. The van der Waals surface area contributed by atoms with Crippen LogP contribution in [0.3, 0.4) is 0 Å². The molecule has 0 radical (unpaired) electrons. The number of aromatic amines is 1. The average molecular weight is 533 g/mol. The van der Waals surface area contributed by atoms with E-state index in [2.05, 4.69) is 66.1 Å². The van der Waals surface area contributed by atoms with Gasteiger partial charge in [-0.1, -0.05) is 13.8 Å². The Morgan fingerprint density at radius 2 is 2.03 bits per heavy atom. The second kappa shape index (κ2) is 8.89. The van der Waals surface area contributed by atoms with Crippen molar-refractivity contribution in [3.05, 3.63) is 39.7 Å². The van der Waals surface area contributed by atoms with Crippen molar-refractivity contribution < 1.29 is 9.53 Å². The lowest BCUT2D eigenvalue weighted by Crippen LogP contribution is -2.54. The first kappa shape index (κ1) is 24.3. The summed E-state index contributed by atoms with van der Waals surface area (Å²) in [5.74, 6) is 1.68. The van der Waals surface area contributed by atoms with Crippen molar-refractivity contribution in [2.24, 2.45) is 5.92 Å². The van der Waals surface area contributed by atoms with Gasteiger partial charge in [-0.05, 0) is 67.7 Å². The van der Waals surface area contributed by atoms with Gasteiger partial charge in [-0.3, -0.25) is 4.79 Å². The highest BCUT2D eigenvalue weighted by Crippen LogP contribution is 2.53. The molecule has 2 aliphatic heterocycles. The van der Waals surface area contributed by atoms with Crippen LogP contribution in [0, 0.1) is 26.7 Å². The number of aryl methyl sites for hydroxylation is 2. The zero-order chi connectivity index (χ0) is 26.3. The SMILES string of the molecule is Cc1c(-c2[nH]c3sc([C@@H]4C[C@H]5C[C@H]4CN5C(=O)[C@H]4COCCN4)c(C)c3c2C(C)C)cn2ncnc2c1C. The maximum Gasteiger partial charge on any atom is 0.242 e.